The van der Waals surface area contributed by atoms with Gasteiger partial charge in [0.1, 0.15) is 11.5 Å². The van der Waals surface area contributed by atoms with E-state index < -0.39 is 0 Å². The summed E-state index contributed by atoms with van der Waals surface area (Å²) in [4.78, 5) is 13.5. The number of rotatable bonds is 3. The van der Waals surface area contributed by atoms with Crippen LogP contribution < -0.4 is 0 Å². The van der Waals surface area contributed by atoms with Gasteiger partial charge in [0.15, 0.2) is 0 Å². The normalized spacial score (nSPS) is 11.1. The summed E-state index contributed by atoms with van der Waals surface area (Å²) in [6.45, 7) is 0. The summed E-state index contributed by atoms with van der Waals surface area (Å²) in [6.07, 6.45) is 4.82. The van der Waals surface area contributed by atoms with E-state index in [0.29, 0.717) is 28.0 Å². The van der Waals surface area contributed by atoms with Crippen molar-refractivity contribution in [2.45, 2.75) is 0 Å². The van der Waals surface area contributed by atoms with Crippen LogP contribution in [-0.4, -0.2) is 26.4 Å². The van der Waals surface area contributed by atoms with Crippen molar-refractivity contribution in [1.29, 1.82) is 0 Å². The molecular weight excluding hydrogens is 569 g/mol. The second kappa shape index (κ2) is 8.66. The van der Waals surface area contributed by atoms with Crippen LogP contribution in [0.25, 0.3) is 32.8 Å². The molecule has 0 saturated heterocycles. The maximum absolute atomic E-state index is 10.3. The first kappa shape index (κ1) is 20.7. The summed E-state index contributed by atoms with van der Waals surface area (Å²) in [5, 5.41) is 24.1. The van der Waals surface area contributed by atoms with E-state index in [1.54, 1.807) is 30.7 Å². The second-order valence-corrected chi connectivity index (χ2v) is 6.92. The molecule has 0 bridgehead atoms. The molecule has 0 aliphatic heterocycles. The Bertz CT molecular complexity index is 1430. The van der Waals surface area contributed by atoms with E-state index >= 15 is 0 Å². The van der Waals surface area contributed by atoms with Crippen LogP contribution in [0.2, 0.25) is 0 Å². The van der Waals surface area contributed by atoms with Gasteiger partial charge < -0.3 is 10.2 Å². The number of hydrogen-bond acceptors (Lipinski definition) is 5. The maximum Gasteiger partial charge on any atom is 0.128 e. The zero-order valence-corrected chi connectivity index (χ0v) is 18.5. The standard InChI is InChI=1S/C25H17N3O2.Pt/c29-22-11-12-26-15-20(22)25-19-8-2-1-5-17(19)13-18(28-25)14-27-21-9-3-6-16-7-4-10-23(30)24(16)21;/h1-15,30H,(H,26,29);. The molecule has 3 aromatic carbocycles. The van der Waals surface area contributed by atoms with Crippen LogP contribution in [0.3, 0.4) is 0 Å². The van der Waals surface area contributed by atoms with Crippen LogP contribution in [0.5, 0.6) is 11.5 Å². The topological polar surface area (TPSA) is 78.6 Å². The number of hydrogen-bond donors (Lipinski definition) is 2. The maximum atomic E-state index is 10.3. The Hall–Kier alpha value is -3.56. The molecule has 0 radical (unpaired) electrons. The Morgan fingerprint density at radius 1 is 0.806 bits per heavy atom. The molecule has 0 aliphatic rings. The van der Waals surface area contributed by atoms with Gasteiger partial charge in [0.2, 0.25) is 0 Å². The summed E-state index contributed by atoms with van der Waals surface area (Å²) in [7, 11) is 0. The van der Waals surface area contributed by atoms with Crippen LogP contribution in [0.1, 0.15) is 5.69 Å². The molecule has 5 aromatic rings. The number of aliphatic imine (C=N–C) groups is 1. The fourth-order valence-electron chi connectivity index (χ4n) is 3.61. The first-order valence-corrected chi connectivity index (χ1v) is 9.48. The fraction of sp³-hybridized carbons (Fsp3) is 0. The van der Waals surface area contributed by atoms with Gasteiger partial charge in [0.25, 0.3) is 0 Å². The molecule has 6 heteroatoms. The zero-order chi connectivity index (χ0) is 20.5. The summed E-state index contributed by atoms with van der Waals surface area (Å²) < 4.78 is 0. The third kappa shape index (κ3) is 3.92. The number of aromatic hydroxyl groups is 2. The number of pyridine rings is 2. The minimum absolute atomic E-state index is 0. The molecular formula is C25H17N3O2Pt. The average molecular weight is 587 g/mol. The van der Waals surface area contributed by atoms with Crippen molar-refractivity contribution in [2.75, 3.05) is 0 Å². The van der Waals surface area contributed by atoms with E-state index in [-0.39, 0.29) is 32.6 Å². The Balaban J connectivity index is 0.00000231. The molecule has 0 spiro atoms. The molecule has 0 fully saturated rings. The monoisotopic (exact) mass is 586 g/mol. The molecule has 0 unspecified atom stereocenters. The van der Waals surface area contributed by atoms with Crippen molar-refractivity contribution in [3.05, 3.63) is 90.9 Å². The van der Waals surface area contributed by atoms with Crippen molar-refractivity contribution in [2.24, 2.45) is 4.99 Å². The number of phenols is 1. The van der Waals surface area contributed by atoms with Crippen LogP contribution in [0.15, 0.2) is 90.2 Å². The predicted molar refractivity (Wildman–Crippen MR) is 120 cm³/mol. The first-order valence-electron chi connectivity index (χ1n) is 9.48. The van der Waals surface area contributed by atoms with Gasteiger partial charge in [-0.15, -0.1) is 0 Å². The first-order chi connectivity index (χ1) is 14.7. The number of aromatic nitrogens is 2. The fourth-order valence-corrected chi connectivity index (χ4v) is 3.61. The molecule has 2 N–H and O–H groups in total. The zero-order valence-electron chi connectivity index (χ0n) is 16.2. The van der Waals surface area contributed by atoms with Crippen LogP contribution in [0, 0.1) is 0 Å². The Labute approximate surface area is 193 Å². The predicted octanol–water partition coefficient (Wildman–Crippen LogP) is 5.61. The number of fused-ring (bicyclic) bond motifs is 2. The third-order valence-corrected chi connectivity index (χ3v) is 5.01. The van der Waals surface area contributed by atoms with E-state index in [1.165, 1.54) is 0 Å². The second-order valence-electron chi connectivity index (χ2n) is 6.92. The largest absolute Gasteiger partial charge is 0.507 e. The molecule has 0 saturated carbocycles. The summed E-state index contributed by atoms with van der Waals surface area (Å²) >= 11 is 0. The molecule has 0 aliphatic carbocycles. The Kier molecular flexibility index (Phi) is 5.79. The van der Waals surface area contributed by atoms with Gasteiger partial charge in [-0.05, 0) is 35.0 Å². The average Bonchev–Trinajstić information content (AvgIpc) is 2.77. The van der Waals surface area contributed by atoms with Gasteiger partial charge in [-0.3, -0.25) is 9.98 Å². The van der Waals surface area contributed by atoms with Crippen molar-refractivity contribution in [1.82, 2.24) is 9.97 Å². The smallest absolute Gasteiger partial charge is 0.128 e. The van der Waals surface area contributed by atoms with E-state index in [4.69, 9.17) is 4.98 Å². The Morgan fingerprint density at radius 3 is 2.42 bits per heavy atom. The van der Waals surface area contributed by atoms with Crippen LogP contribution >= 0.6 is 0 Å². The van der Waals surface area contributed by atoms with Gasteiger partial charge in [-0.25, -0.2) is 4.98 Å². The van der Waals surface area contributed by atoms with Crippen molar-refractivity contribution < 1.29 is 31.3 Å². The molecule has 154 valence electrons. The van der Waals surface area contributed by atoms with Crippen molar-refractivity contribution in [3.63, 3.8) is 0 Å². The molecule has 0 atom stereocenters. The van der Waals surface area contributed by atoms with E-state index in [0.717, 1.165) is 16.2 Å². The number of nitrogens with zero attached hydrogens (tertiary/aromatic N) is 3. The van der Waals surface area contributed by atoms with E-state index in [2.05, 4.69) is 9.98 Å². The van der Waals surface area contributed by atoms with E-state index in [1.807, 2.05) is 60.7 Å². The molecule has 5 nitrogen and oxygen atoms in total. The Morgan fingerprint density at radius 2 is 1.58 bits per heavy atom. The SMILES string of the molecule is Oc1ccncc1-c1nc(C=Nc2cccc3cccc(O)c23)cc2ccccc12.[Pt]. The summed E-state index contributed by atoms with van der Waals surface area (Å²) in [5.74, 6) is 0.309. The van der Waals surface area contributed by atoms with Gasteiger partial charge in [-0.1, -0.05) is 48.5 Å². The van der Waals surface area contributed by atoms with Crippen molar-refractivity contribution >= 4 is 33.4 Å². The summed E-state index contributed by atoms with van der Waals surface area (Å²) in [6, 6.07) is 22.4. The van der Waals surface area contributed by atoms with E-state index in [9.17, 15) is 10.2 Å². The minimum Gasteiger partial charge on any atom is -0.507 e. The van der Waals surface area contributed by atoms with Crippen LogP contribution in [-0.2, 0) is 21.1 Å². The van der Waals surface area contributed by atoms with Gasteiger partial charge in [0, 0.05) is 44.2 Å². The van der Waals surface area contributed by atoms with Gasteiger partial charge in [0.05, 0.1) is 28.9 Å². The molecule has 2 aromatic heterocycles. The number of benzene rings is 3. The minimum atomic E-state index is 0. The summed E-state index contributed by atoms with van der Waals surface area (Å²) in [5.41, 5.74) is 2.50. The van der Waals surface area contributed by atoms with Gasteiger partial charge in [-0.2, -0.15) is 0 Å². The molecule has 2 heterocycles. The third-order valence-electron chi connectivity index (χ3n) is 5.01. The quantitative estimate of drug-likeness (QED) is 0.270. The van der Waals surface area contributed by atoms with Gasteiger partial charge >= 0.3 is 0 Å². The van der Waals surface area contributed by atoms with Crippen molar-refractivity contribution in [3.8, 4) is 22.8 Å². The molecule has 5 rings (SSSR count). The molecule has 0 amide bonds. The van der Waals surface area contributed by atoms with Crippen LogP contribution in [0.4, 0.5) is 5.69 Å². The molecule has 31 heavy (non-hydrogen) atoms. The number of phenolic OH excluding ortho intramolecular Hbond substituents is 1.